The summed E-state index contributed by atoms with van der Waals surface area (Å²) in [6.07, 6.45) is 0. The third kappa shape index (κ3) is 10.2. The molecule has 0 saturated heterocycles. The Hall–Kier alpha value is -14.9. The van der Waals surface area contributed by atoms with E-state index < -0.39 is 0 Å². The molecule has 21 aromatic rings. The quantitative estimate of drug-likeness (QED) is 0.136. The minimum absolute atomic E-state index is 0.632. The van der Waals surface area contributed by atoms with Gasteiger partial charge in [-0.1, -0.05) is 303 Å². The number of hydrogen-bond donors (Lipinski definition) is 0. The molecule has 4 aromatic heterocycles. The van der Waals surface area contributed by atoms with E-state index in [1.165, 1.54) is 126 Å². The zero-order valence-electron chi connectivity index (χ0n) is 59.4. The van der Waals surface area contributed by atoms with Crippen LogP contribution >= 0.6 is 0 Å². The van der Waals surface area contributed by atoms with Gasteiger partial charge in [-0.2, -0.15) is 0 Å². The van der Waals surface area contributed by atoms with E-state index in [1.54, 1.807) is 0 Å². The first kappa shape index (κ1) is 62.5. The molecule has 0 amide bonds. The lowest BCUT2D eigenvalue weighted by molar-refractivity contribution is 1.07. The molecule has 0 spiro atoms. The lowest BCUT2D eigenvalue weighted by atomic mass is 9.90. The summed E-state index contributed by atoms with van der Waals surface area (Å²) >= 11 is 0. The zero-order chi connectivity index (χ0) is 72.3. The Bertz CT molecular complexity index is 7180. The van der Waals surface area contributed by atoms with Crippen molar-refractivity contribution in [2.24, 2.45) is 0 Å². The molecule has 0 bridgehead atoms. The fourth-order valence-electron chi connectivity index (χ4n) is 17.2. The highest BCUT2D eigenvalue weighted by Crippen LogP contribution is 2.54. The third-order valence-electron chi connectivity index (χ3n) is 22.1. The van der Waals surface area contributed by atoms with Crippen LogP contribution in [0.3, 0.4) is 0 Å². The molecule has 110 heavy (non-hydrogen) atoms. The van der Waals surface area contributed by atoms with Crippen molar-refractivity contribution in [3.63, 3.8) is 0 Å². The minimum Gasteiger partial charge on any atom is -0.309 e. The summed E-state index contributed by atoms with van der Waals surface area (Å²) in [4.78, 5) is 30.3. The van der Waals surface area contributed by atoms with Crippen LogP contribution in [0.15, 0.2) is 376 Å². The number of hydrogen-bond acceptors (Lipinski definition) is 6. The monoisotopic (exact) mass is 1400 g/mol. The van der Waals surface area contributed by atoms with Crippen LogP contribution < -0.4 is 0 Å². The van der Waals surface area contributed by atoms with Crippen LogP contribution in [-0.2, 0) is 0 Å². The Labute approximate surface area is 633 Å². The first-order valence-electron chi connectivity index (χ1n) is 37.3. The Balaban J connectivity index is 0.000000136. The van der Waals surface area contributed by atoms with Crippen LogP contribution in [0.5, 0.6) is 0 Å². The van der Waals surface area contributed by atoms with Gasteiger partial charge in [0.05, 0.1) is 27.8 Å². The molecule has 8 heteroatoms. The average Bonchev–Trinajstić information content (AvgIpc) is 1.55. The number of rotatable bonds is 10. The second-order valence-electron chi connectivity index (χ2n) is 28.4. The molecule has 23 rings (SSSR count). The minimum atomic E-state index is 0.632. The molecular formula is C102H62N8. The molecule has 0 aliphatic heterocycles. The van der Waals surface area contributed by atoms with Gasteiger partial charge in [0, 0.05) is 66.0 Å². The fourth-order valence-corrected chi connectivity index (χ4v) is 17.2. The average molecular weight is 1400 g/mol. The van der Waals surface area contributed by atoms with E-state index in [4.69, 9.17) is 29.9 Å². The molecule has 0 fully saturated rings. The standard InChI is InChI=1S/C53H32N4.C49H30N4/c1-4-15-33(16-5-1)38-30-37-27-28-46-50-48(37)44(31-38)42-24-13-12-23-41(42)43-25-14-26-45(49(43)50)57(46)47-32-39(29-36-21-10-11-22-40(36)47)53-55-51(34-17-6-2-7-18-34)54-52(56-53)35-19-8-3-9-20-35;1-4-14-31(15-5-1)36-28-34-26-27-43-46-44(34)41(30-36)39-23-11-10-22-38(39)40-24-13-25-42(45(40)46)53(43)37-21-12-20-35(29-37)49-51-47(32-16-6-2-7-17-32)50-48(52-49)33-18-8-3-9-19-33/h1-32H;1-30H. The fraction of sp³-hybridized carbons (Fsp3) is 0. The van der Waals surface area contributed by atoms with Crippen molar-refractivity contribution in [1.29, 1.82) is 0 Å². The number of fused-ring (bicyclic) bond motifs is 7. The zero-order valence-corrected chi connectivity index (χ0v) is 59.4. The summed E-state index contributed by atoms with van der Waals surface area (Å²) in [5.74, 6) is 3.85. The SMILES string of the molecule is c1ccc(-c2cc3c4c(ccc5c4c4c(cccc4n5-c4cc(-c5nc(-c6ccccc6)nc(-c6ccccc6)n5)cc5ccccc45)-c4ccccc4-3)c2)cc1.c1ccc(-c2cc3c4c(ccc5c4c4c(cccc4n5-c4cccc(-c5nc(-c6ccccc6)nc(-c6ccccc6)n5)c4)-c4ccccc4-3)c2)cc1. The molecule has 0 N–H and O–H groups in total. The van der Waals surface area contributed by atoms with Crippen molar-refractivity contribution in [1.82, 2.24) is 39.0 Å². The highest BCUT2D eigenvalue weighted by atomic mass is 15.1. The van der Waals surface area contributed by atoms with Gasteiger partial charge >= 0.3 is 0 Å². The lowest BCUT2D eigenvalue weighted by Crippen LogP contribution is -2.02. The van der Waals surface area contributed by atoms with Crippen molar-refractivity contribution < 1.29 is 0 Å². The summed E-state index contributed by atoms with van der Waals surface area (Å²) < 4.78 is 4.89. The van der Waals surface area contributed by atoms with Gasteiger partial charge < -0.3 is 9.13 Å². The van der Waals surface area contributed by atoms with Gasteiger partial charge in [-0.15, -0.1) is 0 Å². The molecule has 0 saturated carbocycles. The predicted octanol–water partition coefficient (Wildman–Crippen LogP) is 26.0. The number of aromatic nitrogens is 8. The molecule has 0 unspecified atom stereocenters. The van der Waals surface area contributed by atoms with Crippen molar-refractivity contribution >= 4 is 75.9 Å². The van der Waals surface area contributed by atoms with E-state index in [0.717, 1.165) is 61.0 Å². The van der Waals surface area contributed by atoms with Crippen LogP contribution in [0.25, 0.3) is 222 Å². The summed E-state index contributed by atoms with van der Waals surface area (Å²) in [6.45, 7) is 0. The summed E-state index contributed by atoms with van der Waals surface area (Å²) in [5, 5.41) is 12.4. The Kier molecular flexibility index (Phi) is 14.5. The van der Waals surface area contributed by atoms with Gasteiger partial charge in [0.1, 0.15) is 0 Å². The van der Waals surface area contributed by atoms with Crippen molar-refractivity contribution in [3.8, 4) is 146 Å². The van der Waals surface area contributed by atoms with Crippen LogP contribution in [0.1, 0.15) is 0 Å². The van der Waals surface area contributed by atoms with Gasteiger partial charge in [0.2, 0.25) is 0 Å². The van der Waals surface area contributed by atoms with Crippen LogP contribution in [0.4, 0.5) is 0 Å². The Morgan fingerprint density at radius 1 is 0.164 bits per heavy atom. The molecule has 2 aliphatic carbocycles. The summed E-state index contributed by atoms with van der Waals surface area (Å²) in [5.41, 5.74) is 27.4. The van der Waals surface area contributed by atoms with Gasteiger partial charge in [-0.25, -0.2) is 29.9 Å². The lowest BCUT2D eigenvalue weighted by Gasteiger charge is -2.17. The van der Waals surface area contributed by atoms with Crippen LogP contribution in [-0.4, -0.2) is 39.0 Å². The number of nitrogens with zero attached hydrogens (tertiary/aromatic N) is 8. The molecule has 510 valence electrons. The molecule has 0 atom stereocenters. The molecule has 2 aliphatic rings. The van der Waals surface area contributed by atoms with Crippen molar-refractivity contribution in [3.05, 3.63) is 376 Å². The van der Waals surface area contributed by atoms with E-state index in [0.29, 0.717) is 34.9 Å². The first-order chi connectivity index (χ1) is 54.5. The highest BCUT2D eigenvalue weighted by Gasteiger charge is 2.29. The van der Waals surface area contributed by atoms with Gasteiger partial charge in [0.15, 0.2) is 34.9 Å². The van der Waals surface area contributed by atoms with E-state index >= 15 is 0 Å². The summed E-state index contributed by atoms with van der Waals surface area (Å²) in [7, 11) is 0. The number of benzene rings is 17. The van der Waals surface area contributed by atoms with Crippen molar-refractivity contribution in [2.45, 2.75) is 0 Å². The second-order valence-corrected chi connectivity index (χ2v) is 28.4. The maximum Gasteiger partial charge on any atom is 0.164 e. The Morgan fingerprint density at radius 3 is 0.945 bits per heavy atom. The molecule has 4 heterocycles. The summed E-state index contributed by atoms with van der Waals surface area (Å²) in [6, 6.07) is 134. The molecule has 0 radical (unpaired) electrons. The molecular weight excluding hydrogens is 1340 g/mol. The molecule has 8 nitrogen and oxygen atoms in total. The van der Waals surface area contributed by atoms with E-state index in [1.807, 2.05) is 97.1 Å². The smallest absolute Gasteiger partial charge is 0.164 e. The predicted molar refractivity (Wildman–Crippen MR) is 453 cm³/mol. The maximum atomic E-state index is 5.16. The third-order valence-corrected chi connectivity index (χ3v) is 22.1. The van der Waals surface area contributed by atoms with Gasteiger partial charge in [-0.3, -0.25) is 0 Å². The van der Waals surface area contributed by atoms with Crippen LogP contribution in [0.2, 0.25) is 0 Å². The second kappa shape index (κ2) is 25.4. The van der Waals surface area contributed by atoms with Crippen LogP contribution in [0, 0.1) is 0 Å². The first-order valence-corrected chi connectivity index (χ1v) is 37.3. The van der Waals surface area contributed by atoms with Crippen molar-refractivity contribution in [2.75, 3.05) is 0 Å². The van der Waals surface area contributed by atoms with E-state index in [9.17, 15) is 0 Å². The normalized spacial score (nSPS) is 11.8. The van der Waals surface area contributed by atoms with Gasteiger partial charge in [0.25, 0.3) is 0 Å². The highest BCUT2D eigenvalue weighted by molar-refractivity contribution is 6.33. The van der Waals surface area contributed by atoms with E-state index in [-0.39, 0.29) is 0 Å². The van der Waals surface area contributed by atoms with Gasteiger partial charge in [-0.05, 0) is 166 Å². The topological polar surface area (TPSA) is 87.2 Å². The Morgan fingerprint density at radius 2 is 0.491 bits per heavy atom. The van der Waals surface area contributed by atoms with E-state index in [2.05, 4.69) is 288 Å². The maximum absolute atomic E-state index is 5.16. The largest absolute Gasteiger partial charge is 0.309 e. The molecule has 17 aromatic carbocycles.